The third kappa shape index (κ3) is 3.99. The van der Waals surface area contributed by atoms with Crippen LogP contribution in [0.1, 0.15) is 36.5 Å². The third-order valence-electron chi connectivity index (χ3n) is 4.64. The number of amides is 4. The molecule has 1 unspecified atom stereocenters. The van der Waals surface area contributed by atoms with E-state index >= 15 is 0 Å². The number of carbonyl (C=O) groups excluding carboxylic acids is 3. The van der Waals surface area contributed by atoms with Gasteiger partial charge in [0, 0.05) is 32.1 Å². The molecular formula is C18H24N4O3. The molecule has 134 valence electrons. The Morgan fingerprint density at radius 3 is 2.84 bits per heavy atom. The number of nitrogens with one attached hydrogen (secondary N) is 2. The van der Waals surface area contributed by atoms with E-state index in [-0.39, 0.29) is 30.8 Å². The molecule has 2 aliphatic rings. The predicted molar refractivity (Wildman–Crippen MR) is 94.5 cm³/mol. The van der Waals surface area contributed by atoms with Gasteiger partial charge in [0.05, 0.1) is 11.3 Å². The van der Waals surface area contributed by atoms with Gasteiger partial charge in [0.2, 0.25) is 5.91 Å². The zero-order valence-electron chi connectivity index (χ0n) is 14.5. The fourth-order valence-electron chi connectivity index (χ4n) is 3.43. The number of hydrogen-bond donors (Lipinski definition) is 2. The Bertz CT molecular complexity index is 676. The second-order valence-electron chi connectivity index (χ2n) is 6.53. The van der Waals surface area contributed by atoms with Crippen molar-refractivity contribution in [3.05, 3.63) is 29.8 Å². The number of nitrogens with zero attached hydrogens (tertiary/aromatic N) is 2. The minimum atomic E-state index is -0.480. The molecule has 2 aliphatic heterocycles. The molecule has 2 heterocycles. The van der Waals surface area contributed by atoms with Crippen LogP contribution in [-0.4, -0.2) is 55.0 Å². The standard InChI is InChI=1S/C18H24N4O3/c1-2-9-21-10-7-13(12-21)19-17(24)14-5-3-4-6-15(14)22-11-8-16(23)20-18(22)25/h3-6,13H,2,7-12H2,1H3,(H,19,24)(H,20,23,25). The van der Waals surface area contributed by atoms with Crippen LogP contribution in [0.5, 0.6) is 0 Å². The second kappa shape index (κ2) is 7.65. The van der Waals surface area contributed by atoms with Crippen molar-refractivity contribution in [2.45, 2.75) is 32.2 Å². The first kappa shape index (κ1) is 17.4. The van der Waals surface area contributed by atoms with Gasteiger partial charge in [0.15, 0.2) is 0 Å². The molecule has 0 saturated carbocycles. The molecule has 2 fully saturated rings. The maximum absolute atomic E-state index is 12.7. The van der Waals surface area contributed by atoms with Gasteiger partial charge in [0.1, 0.15) is 0 Å². The number of benzene rings is 1. The summed E-state index contributed by atoms with van der Waals surface area (Å²) < 4.78 is 0. The van der Waals surface area contributed by atoms with E-state index in [1.807, 2.05) is 0 Å². The number of para-hydroxylation sites is 1. The lowest BCUT2D eigenvalue weighted by Gasteiger charge is -2.28. The number of anilines is 1. The van der Waals surface area contributed by atoms with Gasteiger partial charge < -0.3 is 10.2 Å². The van der Waals surface area contributed by atoms with Gasteiger partial charge in [-0.1, -0.05) is 19.1 Å². The third-order valence-corrected chi connectivity index (χ3v) is 4.64. The smallest absolute Gasteiger partial charge is 0.328 e. The number of urea groups is 1. The Kier molecular flexibility index (Phi) is 5.33. The molecule has 0 aliphatic carbocycles. The molecule has 1 aromatic carbocycles. The first-order valence-corrected chi connectivity index (χ1v) is 8.82. The minimum absolute atomic E-state index is 0.129. The van der Waals surface area contributed by atoms with Gasteiger partial charge in [-0.25, -0.2) is 4.79 Å². The zero-order chi connectivity index (χ0) is 17.8. The fourth-order valence-corrected chi connectivity index (χ4v) is 3.43. The Balaban J connectivity index is 1.71. The lowest BCUT2D eigenvalue weighted by Crippen LogP contribution is -2.50. The number of hydrogen-bond acceptors (Lipinski definition) is 4. The zero-order valence-corrected chi connectivity index (χ0v) is 14.5. The lowest BCUT2D eigenvalue weighted by molar-refractivity contribution is -0.120. The summed E-state index contributed by atoms with van der Waals surface area (Å²) in [6.45, 7) is 5.34. The van der Waals surface area contributed by atoms with Crippen LogP contribution in [0.25, 0.3) is 0 Å². The molecule has 2 saturated heterocycles. The Morgan fingerprint density at radius 2 is 2.08 bits per heavy atom. The van der Waals surface area contributed by atoms with Crippen LogP contribution >= 0.6 is 0 Å². The first-order valence-electron chi connectivity index (χ1n) is 8.82. The van der Waals surface area contributed by atoms with E-state index < -0.39 is 6.03 Å². The van der Waals surface area contributed by atoms with Gasteiger partial charge in [-0.2, -0.15) is 0 Å². The molecule has 0 aromatic heterocycles. The van der Waals surface area contributed by atoms with Crippen LogP contribution in [-0.2, 0) is 4.79 Å². The Labute approximate surface area is 147 Å². The number of rotatable bonds is 5. The van der Waals surface area contributed by atoms with Crippen molar-refractivity contribution in [1.82, 2.24) is 15.5 Å². The topological polar surface area (TPSA) is 81.8 Å². The van der Waals surface area contributed by atoms with Crippen LogP contribution in [0.4, 0.5) is 10.5 Å². The molecule has 25 heavy (non-hydrogen) atoms. The van der Waals surface area contributed by atoms with E-state index in [0.29, 0.717) is 11.3 Å². The van der Waals surface area contributed by atoms with Gasteiger partial charge >= 0.3 is 6.03 Å². The highest BCUT2D eigenvalue weighted by molar-refractivity contribution is 6.09. The number of imide groups is 1. The molecule has 0 radical (unpaired) electrons. The Morgan fingerprint density at radius 1 is 1.28 bits per heavy atom. The fraction of sp³-hybridized carbons (Fsp3) is 0.500. The average molecular weight is 344 g/mol. The van der Waals surface area contributed by atoms with Crippen molar-refractivity contribution in [3.8, 4) is 0 Å². The van der Waals surface area contributed by atoms with Crippen molar-refractivity contribution in [1.29, 1.82) is 0 Å². The average Bonchev–Trinajstić information content (AvgIpc) is 3.02. The van der Waals surface area contributed by atoms with E-state index in [0.717, 1.165) is 32.5 Å². The van der Waals surface area contributed by atoms with Gasteiger partial charge in [-0.05, 0) is 31.5 Å². The highest BCUT2D eigenvalue weighted by Crippen LogP contribution is 2.23. The summed E-state index contributed by atoms with van der Waals surface area (Å²) in [5.41, 5.74) is 0.995. The van der Waals surface area contributed by atoms with E-state index in [9.17, 15) is 14.4 Å². The SMILES string of the molecule is CCCN1CCC(NC(=O)c2ccccc2N2CCC(=O)NC2=O)C1. The molecule has 0 spiro atoms. The van der Waals surface area contributed by atoms with E-state index in [1.54, 1.807) is 24.3 Å². The monoisotopic (exact) mass is 344 g/mol. The summed E-state index contributed by atoms with van der Waals surface area (Å²) in [4.78, 5) is 40.0. The van der Waals surface area contributed by atoms with Crippen LogP contribution in [0, 0.1) is 0 Å². The largest absolute Gasteiger partial charge is 0.348 e. The van der Waals surface area contributed by atoms with Gasteiger partial charge in [-0.3, -0.25) is 19.8 Å². The maximum atomic E-state index is 12.7. The molecule has 1 atom stereocenters. The summed E-state index contributed by atoms with van der Waals surface area (Å²) in [6.07, 6.45) is 2.27. The van der Waals surface area contributed by atoms with Crippen LogP contribution < -0.4 is 15.5 Å². The van der Waals surface area contributed by atoms with Gasteiger partial charge in [-0.15, -0.1) is 0 Å². The highest BCUT2D eigenvalue weighted by atomic mass is 16.2. The molecule has 4 amide bonds. The first-order chi connectivity index (χ1) is 12.1. The predicted octanol–water partition coefficient (Wildman–Crippen LogP) is 1.35. The van der Waals surface area contributed by atoms with E-state index in [4.69, 9.17) is 0 Å². The van der Waals surface area contributed by atoms with Crippen molar-refractivity contribution in [2.75, 3.05) is 31.1 Å². The quantitative estimate of drug-likeness (QED) is 0.845. The molecule has 0 bridgehead atoms. The molecule has 7 heteroatoms. The van der Waals surface area contributed by atoms with E-state index in [2.05, 4.69) is 22.5 Å². The van der Waals surface area contributed by atoms with E-state index in [1.165, 1.54) is 4.90 Å². The highest BCUT2D eigenvalue weighted by Gasteiger charge is 2.29. The van der Waals surface area contributed by atoms with Crippen LogP contribution in [0.15, 0.2) is 24.3 Å². The summed E-state index contributed by atoms with van der Waals surface area (Å²) in [5, 5.41) is 5.38. The molecule has 2 N–H and O–H groups in total. The van der Waals surface area contributed by atoms with Crippen LogP contribution in [0.2, 0.25) is 0 Å². The summed E-state index contributed by atoms with van der Waals surface area (Å²) in [7, 11) is 0. The van der Waals surface area contributed by atoms with Crippen molar-refractivity contribution in [3.63, 3.8) is 0 Å². The molecular weight excluding hydrogens is 320 g/mol. The van der Waals surface area contributed by atoms with Crippen molar-refractivity contribution < 1.29 is 14.4 Å². The van der Waals surface area contributed by atoms with Crippen LogP contribution in [0.3, 0.4) is 0 Å². The lowest BCUT2D eigenvalue weighted by atomic mass is 10.1. The van der Waals surface area contributed by atoms with Crippen molar-refractivity contribution >= 4 is 23.5 Å². The molecule has 1 aromatic rings. The second-order valence-corrected chi connectivity index (χ2v) is 6.53. The number of likely N-dealkylation sites (tertiary alicyclic amines) is 1. The number of carbonyl (C=O) groups is 3. The molecule has 3 rings (SSSR count). The summed E-state index contributed by atoms with van der Waals surface area (Å²) in [5.74, 6) is -0.464. The normalized spacial score (nSPS) is 21.3. The molecule has 7 nitrogen and oxygen atoms in total. The summed E-state index contributed by atoms with van der Waals surface area (Å²) in [6, 6.07) is 6.67. The minimum Gasteiger partial charge on any atom is -0.348 e. The van der Waals surface area contributed by atoms with Crippen molar-refractivity contribution in [2.24, 2.45) is 0 Å². The maximum Gasteiger partial charge on any atom is 0.328 e. The van der Waals surface area contributed by atoms with Gasteiger partial charge in [0.25, 0.3) is 5.91 Å². The Hall–Kier alpha value is -2.41. The summed E-state index contributed by atoms with van der Waals surface area (Å²) >= 11 is 0.